The first-order valence-corrected chi connectivity index (χ1v) is 7.21. The highest BCUT2D eigenvalue weighted by Gasteiger charge is 2.13. The van der Waals surface area contributed by atoms with Crippen molar-refractivity contribution in [3.05, 3.63) is 36.0 Å². The lowest BCUT2D eigenvalue weighted by Crippen LogP contribution is -2.25. The molecular formula is C16H20N2O4. The molecule has 2 aromatic rings. The third-order valence-corrected chi connectivity index (χ3v) is 3.07. The quantitative estimate of drug-likeness (QED) is 0.759. The lowest BCUT2D eigenvalue weighted by atomic mass is 10.1. The zero-order chi connectivity index (χ0) is 15.8. The number of nitrogens with zero attached hydrogens (tertiary/aromatic N) is 1. The van der Waals surface area contributed by atoms with Crippen LogP contribution in [-0.4, -0.2) is 37.9 Å². The second-order valence-electron chi connectivity index (χ2n) is 4.61. The van der Waals surface area contributed by atoms with Gasteiger partial charge in [0.05, 0.1) is 7.11 Å². The number of nitrogens with one attached hydrogen (secondary N) is 1. The van der Waals surface area contributed by atoms with Crippen molar-refractivity contribution in [1.82, 2.24) is 10.5 Å². The summed E-state index contributed by atoms with van der Waals surface area (Å²) in [6.45, 7) is 3.80. The number of carbonyl (C=O) groups excluding carboxylic acids is 1. The monoisotopic (exact) mass is 304 g/mol. The highest BCUT2D eigenvalue weighted by molar-refractivity contribution is 5.93. The van der Waals surface area contributed by atoms with Gasteiger partial charge in [0.15, 0.2) is 11.5 Å². The van der Waals surface area contributed by atoms with Gasteiger partial charge >= 0.3 is 0 Å². The first-order valence-electron chi connectivity index (χ1n) is 7.21. The Bertz CT molecular complexity index is 592. The second-order valence-corrected chi connectivity index (χ2v) is 4.61. The van der Waals surface area contributed by atoms with Crippen molar-refractivity contribution in [3.8, 4) is 17.1 Å². The second kappa shape index (κ2) is 8.19. The van der Waals surface area contributed by atoms with Gasteiger partial charge in [-0.05, 0) is 37.6 Å². The van der Waals surface area contributed by atoms with E-state index in [2.05, 4.69) is 10.5 Å². The molecule has 118 valence electrons. The van der Waals surface area contributed by atoms with Crippen molar-refractivity contribution < 1.29 is 18.8 Å². The van der Waals surface area contributed by atoms with Gasteiger partial charge in [0.1, 0.15) is 5.75 Å². The summed E-state index contributed by atoms with van der Waals surface area (Å²) in [6, 6.07) is 8.97. The topological polar surface area (TPSA) is 73.6 Å². The van der Waals surface area contributed by atoms with Gasteiger partial charge in [-0.1, -0.05) is 5.16 Å². The van der Waals surface area contributed by atoms with Crippen LogP contribution in [0.3, 0.4) is 0 Å². The summed E-state index contributed by atoms with van der Waals surface area (Å²) >= 11 is 0. The molecule has 0 aliphatic heterocycles. The van der Waals surface area contributed by atoms with Crippen LogP contribution in [0.4, 0.5) is 0 Å². The van der Waals surface area contributed by atoms with Gasteiger partial charge < -0.3 is 19.3 Å². The van der Waals surface area contributed by atoms with E-state index in [0.29, 0.717) is 25.5 Å². The van der Waals surface area contributed by atoms with Gasteiger partial charge in [-0.3, -0.25) is 4.79 Å². The number of hydrogen-bond acceptors (Lipinski definition) is 5. The van der Waals surface area contributed by atoms with Crippen molar-refractivity contribution in [2.24, 2.45) is 0 Å². The Balaban J connectivity index is 1.91. The van der Waals surface area contributed by atoms with Crippen LogP contribution in [0.25, 0.3) is 11.3 Å². The molecule has 1 heterocycles. The summed E-state index contributed by atoms with van der Waals surface area (Å²) in [4.78, 5) is 11.9. The fourth-order valence-electron chi connectivity index (χ4n) is 1.88. The Morgan fingerprint density at radius 1 is 1.32 bits per heavy atom. The normalized spacial score (nSPS) is 10.5. The summed E-state index contributed by atoms with van der Waals surface area (Å²) < 4.78 is 15.5. The van der Waals surface area contributed by atoms with Crippen molar-refractivity contribution in [3.63, 3.8) is 0 Å². The Kier molecular flexibility index (Phi) is 5.97. The molecule has 0 atom stereocenters. The maximum Gasteiger partial charge on any atom is 0.273 e. The first-order chi connectivity index (χ1) is 10.7. The molecule has 0 aliphatic rings. The maximum absolute atomic E-state index is 11.9. The summed E-state index contributed by atoms with van der Waals surface area (Å²) in [6.07, 6.45) is 0.767. The predicted octanol–water partition coefficient (Wildman–Crippen LogP) is 2.51. The molecule has 1 aromatic heterocycles. The van der Waals surface area contributed by atoms with Crippen LogP contribution < -0.4 is 10.1 Å². The molecule has 0 bridgehead atoms. The third-order valence-electron chi connectivity index (χ3n) is 3.07. The maximum atomic E-state index is 11.9. The minimum absolute atomic E-state index is 0.250. The SMILES string of the molecule is CCOCCCNC(=O)c1cc(-c2ccc(OC)cc2)on1. The van der Waals surface area contributed by atoms with E-state index in [-0.39, 0.29) is 11.6 Å². The summed E-state index contributed by atoms with van der Waals surface area (Å²) in [7, 11) is 1.61. The van der Waals surface area contributed by atoms with Crippen LogP contribution >= 0.6 is 0 Å². The van der Waals surface area contributed by atoms with Gasteiger partial charge in [-0.15, -0.1) is 0 Å². The van der Waals surface area contributed by atoms with Crippen LogP contribution in [0.2, 0.25) is 0 Å². The predicted molar refractivity (Wildman–Crippen MR) is 81.9 cm³/mol. The number of carbonyl (C=O) groups is 1. The van der Waals surface area contributed by atoms with Gasteiger partial charge in [0, 0.05) is 31.4 Å². The summed E-state index contributed by atoms with van der Waals surface area (Å²) in [5.41, 5.74) is 1.10. The molecular weight excluding hydrogens is 284 g/mol. The number of hydrogen-bond donors (Lipinski definition) is 1. The fraction of sp³-hybridized carbons (Fsp3) is 0.375. The van der Waals surface area contributed by atoms with Crippen molar-refractivity contribution >= 4 is 5.91 Å². The number of benzene rings is 1. The molecule has 0 spiro atoms. The average molecular weight is 304 g/mol. The largest absolute Gasteiger partial charge is 0.497 e. The number of methoxy groups -OCH3 is 1. The standard InChI is InChI=1S/C16H20N2O4/c1-3-21-10-4-9-17-16(19)14-11-15(22-18-14)12-5-7-13(20-2)8-6-12/h5-8,11H,3-4,9-10H2,1-2H3,(H,17,19). The number of aromatic nitrogens is 1. The number of rotatable bonds is 8. The minimum Gasteiger partial charge on any atom is -0.497 e. The Morgan fingerprint density at radius 3 is 2.77 bits per heavy atom. The summed E-state index contributed by atoms with van der Waals surface area (Å²) in [5, 5.41) is 6.58. The molecule has 1 aromatic carbocycles. The van der Waals surface area contributed by atoms with Gasteiger partial charge in [-0.2, -0.15) is 0 Å². The Labute approximate surface area is 129 Å². The summed E-state index contributed by atoms with van der Waals surface area (Å²) in [5.74, 6) is 1.05. The van der Waals surface area contributed by atoms with Crippen molar-refractivity contribution in [2.75, 3.05) is 26.9 Å². The van der Waals surface area contributed by atoms with E-state index in [9.17, 15) is 4.79 Å². The van der Waals surface area contributed by atoms with Crippen LogP contribution in [0.1, 0.15) is 23.8 Å². The molecule has 6 heteroatoms. The fourth-order valence-corrected chi connectivity index (χ4v) is 1.88. The lowest BCUT2D eigenvalue weighted by molar-refractivity contribution is 0.0935. The highest BCUT2D eigenvalue weighted by Crippen LogP contribution is 2.22. The smallest absolute Gasteiger partial charge is 0.273 e. The van der Waals surface area contributed by atoms with Crippen LogP contribution in [0.5, 0.6) is 5.75 Å². The van der Waals surface area contributed by atoms with E-state index in [4.69, 9.17) is 14.0 Å². The van der Waals surface area contributed by atoms with E-state index in [0.717, 1.165) is 17.7 Å². The van der Waals surface area contributed by atoms with Gasteiger partial charge in [0.2, 0.25) is 0 Å². The van der Waals surface area contributed by atoms with Crippen LogP contribution in [0.15, 0.2) is 34.9 Å². The van der Waals surface area contributed by atoms with Gasteiger partial charge in [-0.25, -0.2) is 0 Å². The molecule has 1 amide bonds. The highest BCUT2D eigenvalue weighted by atomic mass is 16.5. The zero-order valence-electron chi connectivity index (χ0n) is 12.8. The average Bonchev–Trinajstić information content (AvgIpc) is 3.04. The molecule has 0 saturated heterocycles. The van der Waals surface area contributed by atoms with Crippen LogP contribution in [0, 0.1) is 0 Å². The Hall–Kier alpha value is -2.34. The molecule has 22 heavy (non-hydrogen) atoms. The number of amides is 1. The van der Waals surface area contributed by atoms with E-state index in [1.165, 1.54) is 0 Å². The van der Waals surface area contributed by atoms with E-state index in [1.54, 1.807) is 13.2 Å². The molecule has 0 saturated carbocycles. The molecule has 6 nitrogen and oxygen atoms in total. The molecule has 0 aliphatic carbocycles. The molecule has 0 radical (unpaired) electrons. The van der Waals surface area contributed by atoms with E-state index < -0.39 is 0 Å². The van der Waals surface area contributed by atoms with E-state index >= 15 is 0 Å². The minimum atomic E-state index is -0.250. The zero-order valence-corrected chi connectivity index (χ0v) is 12.8. The molecule has 2 rings (SSSR count). The van der Waals surface area contributed by atoms with Crippen molar-refractivity contribution in [2.45, 2.75) is 13.3 Å². The first kappa shape index (κ1) is 16.0. The van der Waals surface area contributed by atoms with Crippen molar-refractivity contribution in [1.29, 1.82) is 0 Å². The lowest BCUT2D eigenvalue weighted by Gasteiger charge is -2.02. The molecule has 1 N–H and O–H groups in total. The van der Waals surface area contributed by atoms with Gasteiger partial charge in [0.25, 0.3) is 5.91 Å². The molecule has 0 fully saturated rings. The van der Waals surface area contributed by atoms with E-state index in [1.807, 2.05) is 31.2 Å². The van der Waals surface area contributed by atoms with Crippen LogP contribution in [-0.2, 0) is 4.74 Å². The number of ether oxygens (including phenoxy) is 2. The Morgan fingerprint density at radius 2 is 2.09 bits per heavy atom. The molecule has 0 unspecified atom stereocenters. The third kappa shape index (κ3) is 4.33.